The molecule has 4 heterocycles. The zero-order chi connectivity index (χ0) is 17.9. The number of ether oxygens (including phenoxy) is 1. The highest BCUT2D eigenvalue weighted by Crippen LogP contribution is 2.24. The second kappa shape index (κ2) is 6.80. The molecule has 0 unspecified atom stereocenters. The average Bonchev–Trinajstić information content (AvgIpc) is 3.30. The number of nitrogens with one attached hydrogen (secondary N) is 1. The highest BCUT2D eigenvalue weighted by Gasteiger charge is 2.17. The van der Waals surface area contributed by atoms with Gasteiger partial charge in [-0.05, 0) is 6.07 Å². The van der Waals surface area contributed by atoms with E-state index in [0.717, 1.165) is 11.3 Å². The van der Waals surface area contributed by atoms with E-state index in [2.05, 4.69) is 30.4 Å². The number of amides is 1. The molecule has 0 saturated heterocycles. The SMILES string of the molecule is O=C(Nc1nc(CF)cs1)c1cc(Oc2cncnc2)cn2ncnc12. The lowest BCUT2D eigenvalue weighted by molar-refractivity contribution is 0.102. The van der Waals surface area contributed by atoms with Gasteiger partial charge in [-0.1, -0.05) is 0 Å². The van der Waals surface area contributed by atoms with Crippen molar-refractivity contribution in [1.29, 1.82) is 0 Å². The minimum Gasteiger partial charge on any atom is -0.452 e. The van der Waals surface area contributed by atoms with Gasteiger partial charge in [0.2, 0.25) is 0 Å². The monoisotopic (exact) mass is 371 g/mol. The molecule has 4 rings (SSSR count). The topological polar surface area (TPSA) is 107 Å². The van der Waals surface area contributed by atoms with Gasteiger partial charge in [0, 0.05) is 5.38 Å². The van der Waals surface area contributed by atoms with Crippen molar-refractivity contribution in [3.8, 4) is 11.5 Å². The minimum absolute atomic E-state index is 0.230. The average molecular weight is 371 g/mol. The summed E-state index contributed by atoms with van der Waals surface area (Å²) in [7, 11) is 0. The molecule has 0 atom stereocenters. The van der Waals surface area contributed by atoms with Crippen molar-refractivity contribution >= 4 is 28.0 Å². The number of halogens is 1. The fourth-order valence-corrected chi connectivity index (χ4v) is 2.87. The van der Waals surface area contributed by atoms with Gasteiger partial charge in [-0.15, -0.1) is 11.3 Å². The summed E-state index contributed by atoms with van der Waals surface area (Å²) in [6.07, 6.45) is 7.27. The van der Waals surface area contributed by atoms with Crippen LogP contribution < -0.4 is 10.1 Å². The largest absolute Gasteiger partial charge is 0.452 e. The van der Waals surface area contributed by atoms with E-state index in [1.54, 1.807) is 6.20 Å². The number of hydrogen-bond donors (Lipinski definition) is 1. The van der Waals surface area contributed by atoms with Crippen molar-refractivity contribution in [2.75, 3.05) is 5.32 Å². The van der Waals surface area contributed by atoms with Gasteiger partial charge in [0.1, 0.15) is 25.1 Å². The van der Waals surface area contributed by atoms with Crippen molar-refractivity contribution in [2.24, 2.45) is 0 Å². The lowest BCUT2D eigenvalue weighted by Gasteiger charge is -2.08. The van der Waals surface area contributed by atoms with Crippen LogP contribution in [-0.4, -0.2) is 35.5 Å². The molecule has 0 bridgehead atoms. The number of alkyl halides is 1. The Labute approximate surface area is 149 Å². The van der Waals surface area contributed by atoms with Crippen LogP contribution in [0.25, 0.3) is 5.65 Å². The Balaban J connectivity index is 1.66. The van der Waals surface area contributed by atoms with Crippen LogP contribution in [0.5, 0.6) is 11.5 Å². The van der Waals surface area contributed by atoms with Crippen molar-refractivity contribution in [1.82, 2.24) is 29.5 Å². The van der Waals surface area contributed by atoms with Crippen LogP contribution in [0.4, 0.5) is 9.52 Å². The molecule has 0 aliphatic rings. The smallest absolute Gasteiger partial charge is 0.261 e. The van der Waals surface area contributed by atoms with Gasteiger partial charge in [-0.2, -0.15) is 5.10 Å². The molecule has 0 fully saturated rings. The lowest BCUT2D eigenvalue weighted by atomic mass is 10.2. The molecule has 0 spiro atoms. The van der Waals surface area contributed by atoms with Crippen LogP contribution in [0.1, 0.15) is 16.1 Å². The third kappa shape index (κ3) is 3.19. The molecule has 4 aromatic rings. The van der Waals surface area contributed by atoms with Gasteiger partial charge in [-0.3, -0.25) is 10.1 Å². The van der Waals surface area contributed by atoms with E-state index in [1.165, 1.54) is 41.0 Å². The summed E-state index contributed by atoms with van der Waals surface area (Å²) in [5.74, 6) is 0.301. The maximum Gasteiger partial charge on any atom is 0.261 e. The van der Waals surface area contributed by atoms with Crippen LogP contribution in [0.2, 0.25) is 0 Å². The van der Waals surface area contributed by atoms with E-state index in [9.17, 15) is 9.18 Å². The molecule has 1 amide bonds. The molecule has 1 N–H and O–H groups in total. The molecule has 4 aromatic heterocycles. The van der Waals surface area contributed by atoms with Gasteiger partial charge in [0.25, 0.3) is 5.91 Å². The molecular formula is C15H10FN7O2S. The molecular weight excluding hydrogens is 361 g/mol. The Hall–Kier alpha value is -3.47. The first-order valence-corrected chi connectivity index (χ1v) is 8.19. The summed E-state index contributed by atoms with van der Waals surface area (Å²) in [6, 6.07) is 1.52. The Morgan fingerprint density at radius 1 is 1.27 bits per heavy atom. The number of thiazole rings is 1. The lowest BCUT2D eigenvalue weighted by Crippen LogP contribution is -2.14. The second-order valence-corrected chi connectivity index (χ2v) is 5.88. The number of nitrogens with zero attached hydrogens (tertiary/aromatic N) is 6. The quantitative estimate of drug-likeness (QED) is 0.574. The Kier molecular flexibility index (Phi) is 4.19. The summed E-state index contributed by atoms with van der Waals surface area (Å²) in [5, 5.41) is 8.50. The summed E-state index contributed by atoms with van der Waals surface area (Å²) in [4.78, 5) is 28.4. The predicted octanol–water partition coefficient (Wildman–Crippen LogP) is 2.49. The molecule has 130 valence electrons. The third-order valence-electron chi connectivity index (χ3n) is 3.28. The van der Waals surface area contributed by atoms with Crippen LogP contribution in [-0.2, 0) is 6.67 Å². The fraction of sp³-hybridized carbons (Fsp3) is 0.0667. The number of carbonyl (C=O) groups is 1. The van der Waals surface area contributed by atoms with E-state index in [-0.39, 0.29) is 11.3 Å². The number of anilines is 1. The van der Waals surface area contributed by atoms with E-state index in [0.29, 0.717) is 22.3 Å². The van der Waals surface area contributed by atoms with E-state index in [1.807, 2.05) is 0 Å². The molecule has 0 aromatic carbocycles. The first-order valence-electron chi connectivity index (χ1n) is 7.31. The highest BCUT2D eigenvalue weighted by atomic mass is 32.1. The molecule has 9 nitrogen and oxygen atoms in total. The fourth-order valence-electron chi connectivity index (χ4n) is 2.19. The zero-order valence-corrected chi connectivity index (χ0v) is 13.9. The Morgan fingerprint density at radius 2 is 2.12 bits per heavy atom. The highest BCUT2D eigenvalue weighted by molar-refractivity contribution is 7.14. The standard InChI is InChI=1S/C15H10FN7O2S/c16-2-9-6-26-15(21-9)22-14(24)12-1-10(5-23-13(12)19-8-20-23)25-11-3-17-7-18-4-11/h1,3-8H,2H2,(H,21,22,24). The van der Waals surface area contributed by atoms with Crippen molar-refractivity contribution in [3.63, 3.8) is 0 Å². The van der Waals surface area contributed by atoms with Gasteiger partial charge >= 0.3 is 0 Å². The molecule has 0 saturated carbocycles. The molecule has 0 aliphatic carbocycles. The predicted molar refractivity (Wildman–Crippen MR) is 90.0 cm³/mol. The number of carbonyl (C=O) groups excluding carboxylic acids is 1. The number of fused-ring (bicyclic) bond motifs is 1. The number of pyridine rings is 1. The summed E-state index contributed by atoms with van der Waals surface area (Å²) in [6.45, 7) is -0.691. The first-order chi connectivity index (χ1) is 12.7. The van der Waals surface area contributed by atoms with E-state index in [4.69, 9.17) is 4.74 Å². The number of hydrogen-bond acceptors (Lipinski definition) is 8. The van der Waals surface area contributed by atoms with Gasteiger partial charge in [0.15, 0.2) is 16.5 Å². The van der Waals surface area contributed by atoms with Crippen molar-refractivity contribution in [2.45, 2.75) is 6.67 Å². The molecule has 0 aliphatic heterocycles. The minimum atomic E-state index is -0.691. The van der Waals surface area contributed by atoms with Crippen molar-refractivity contribution in [3.05, 3.63) is 53.9 Å². The zero-order valence-electron chi connectivity index (χ0n) is 13.0. The maximum absolute atomic E-state index is 12.6. The van der Waals surface area contributed by atoms with Gasteiger partial charge in [-0.25, -0.2) is 28.8 Å². The second-order valence-electron chi connectivity index (χ2n) is 5.03. The summed E-state index contributed by atoms with van der Waals surface area (Å²) in [5.41, 5.74) is 0.842. The normalized spacial score (nSPS) is 10.8. The van der Waals surface area contributed by atoms with Crippen LogP contribution in [0.3, 0.4) is 0 Å². The molecule has 11 heteroatoms. The Morgan fingerprint density at radius 3 is 2.88 bits per heavy atom. The van der Waals surface area contributed by atoms with Crippen LogP contribution >= 0.6 is 11.3 Å². The number of rotatable bonds is 5. The molecule has 0 radical (unpaired) electrons. The first kappa shape index (κ1) is 16.0. The third-order valence-corrected chi connectivity index (χ3v) is 4.08. The van der Waals surface area contributed by atoms with E-state index >= 15 is 0 Å². The summed E-state index contributed by atoms with van der Waals surface area (Å²) < 4.78 is 19.7. The summed E-state index contributed by atoms with van der Waals surface area (Å²) >= 11 is 1.14. The van der Waals surface area contributed by atoms with Crippen LogP contribution in [0.15, 0.2) is 42.7 Å². The van der Waals surface area contributed by atoms with Crippen LogP contribution in [0, 0.1) is 0 Å². The maximum atomic E-state index is 12.6. The molecule has 26 heavy (non-hydrogen) atoms. The number of aromatic nitrogens is 6. The Bertz CT molecular complexity index is 1070. The van der Waals surface area contributed by atoms with Gasteiger partial charge in [0.05, 0.1) is 29.8 Å². The van der Waals surface area contributed by atoms with Crippen molar-refractivity contribution < 1.29 is 13.9 Å². The van der Waals surface area contributed by atoms with E-state index < -0.39 is 12.6 Å². The van der Waals surface area contributed by atoms with Gasteiger partial charge < -0.3 is 4.74 Å².